The molecule has 0 heterocycles. The summed E-state index contributed by atoms with van der Waals surface area (Å²) in [4.78, 5) is 11.4. The van der Waals surface area contributed by atoms with E-state index in [2.05, 4.69) is 26.0 Å². The summed E-state index contributed by atoms with van der Waals surface area (Å²) >= 11 is 3.24. The van der Waals surface area contributed by atoms with Gasteiger partial charge in [0.2, 0.25) is 15.9 Å². The van der Waals surface area contributed by atoms with Gasteiger partial charge >= 0.3 is 0 Å². The van der Waals surface area contributed by atoms with Crippen LogP contribution in [0.1, 0.15) is 6.42 Å². The topological polar surface area (TPSA) is 84.5 Å². The molecule has 0 aliphatic carbocycles. The smallest absolute Gasteiger partial charge is 0.240 e. The molecule has 1 aromatic carbocycles. The minimum atomic E-state index is -3.54. The normalized spacial score (nSPS) is 11.3. The molecule has 0 aromatic heterocycles. The average Bonchev–Trinajstić information content (AvgIpc) is 2.42. The van der Waals surface area contributed by atoms with Crippen LogP contribution in [0.4, 0.5) is 0 Å². The SMILES string of the molecule is COCCC(=O)NCCNS(=O)(=O)c1ccc(Br)cc1. The molecule has 2 N–H and O–H groups in total. The number of benzene rings is 1. The highest BCUT2D eigenvalue weighted by Gasteiger charge is 2.12. The van der Waals surface area contributed by atoms with E-state index in [-0.39, 0.29) is 30.3 Å². The molecule has 0 saturated heterocycles. The van der Waals surface area contributed by atoms with E-state index in [9.17, 15) is 13.2 Å². The molecule has 1 amide bonds. The maximum Gasteiger partial charge on any atom is 0.240 e. The summed E-state index contributed by atoms with van der Waals surface area (Å²) in [6, 6.07) is 6.31. The van der Waals surface area contributed by atoms with Crippen molar-refractivity contribution >= 4 is 31.9 Å². The summed E-state index contributed by atoms with van der Waals surface area (Å²) < 4.78 is 31.8. The van der Waals surface area contributed by atoms with Crippen LogP contribution in [0.2, 0.25) is 0 Å². The number of sulfonamides is 1. The highest BCUT2D eigenvalue weighted by molar-refractivity contribution is 9.10. The van der Waals surface area contributed by atoms with E-state index in [4.69, 9.17) is 4.74 Å². The third-order valence-corrected chi connectivity index (χ3v) is 4.40. The molecule has 0 atom stereocenters. The van der Waals surface area contributed by atoms with Gasteiger partial charge in [0.1, 0.15) is 0 Å². The van der Waals surface area contributed by atoms with Crippen LogP contribution in [0.3, 0.4) is 0 Å². The maximum atomic E-state index is 11.9. The number of nitrogens with one attached hydrogen (secondary N) is 2. The van der Waals surface area contributed by atoms with Gasteiger partial charge in [0.25, 0.3) is 0 Å². The van der Waals surface area contributed by atoms with Crippen molar-refractivity contribution in [2.45, 2.75) is 11.3 Å². The van der Waals surface area contributed by atoms with E-state index in [0.29, 0.717) is 6.61 Å². The second kappa shape index (κ2) is 8.35. The van der Waals surface area contributed by atoms with Crippen LogP contribution < -0.4 is 10.0 Å². The van der Waals surface area contributed by atoms with Gasteiger partial charge in [0.05, 0.1) is 11.5 Å². The fourth-order valence-corrected chi connectivity index (χ4v) is 2.66. The van der Waals surface area contributed by atoms with E-state index >= 15 is 0 Å². The first-order valence-electron chi connectivity index (χ1n) is 5.96. The fraction of sp³-hybridized carbons (Fsp3) is 0.417. The van der Waals surface area contributed by atoms with Crippen LogP contribution in [0.25, 0.3) is 0 Å². The molecule has 112 valence electrons. The van der Waals surface area contributed by atoms with Gasteiger partial charge in [0, 0.05) is 31.1 Å². The lowest BCUT2D eigenvalue weighted by atomic mass is 10.4. The van der Waals surface area contributed by atoms with Crippen molar-refractivity contribution in [2.75, 3.05) is 26.8 Å². The van der Waals surface area contributed by atoms with Gasteiger partial charge in [0.15, 0.2) is 0 Å². The van der Waals surface area contributed by atoms with Crippen molar-refractivity contribution in [1.29, 1.82) is 0 Å². The molecule has 0 radical (unpaired) electrons. The summed E-state index contributed by atoms with van der Waals surface area (Å²) in [5.74, 6) is -0.172. The largest absolute Gasteiger partial charge is 0.384 e. The van der Waals surface area contributed by atoms with Gasteiger partial charge in [-0.2, -0.15) is 0 Å². The van der Waals surface area contributed by atoms with Gasteiger partial charge in [-0.25, -0.2) is 13.1 Å². The summed E-state index contributed by atoms with van der Waals surface area (Å²) in [5.41, 5.74) is 0. The van der Waals surface area contributed by atoms with Crippen molar-refractivity contribution in [3.8, 4) is 0 Å². The second-order valence-corrected chi connectivity index (χ2v) is 6.63. The van der Waals surface area contributed by atoms with E-state index in [1.54, 1.807) is 12.1 Å². The van der Waals surface area contributed by atoms with Gasteiger partial charge in [-0.1, -0.05) is 15.9 Å². The molecule has 6 nitrogen and oxygen atoms in total. The Labute approximate surface area is 127 Å². The standard InChI is InChI=1S/C12H17BrN2O4S/c1-19-9-6-12(16)14-7-8-15-20(17,18)11-4-2-10(13)3-5-11/h2-5,15H,6-9H2,1H3,(H,14,16). The Kier molecular flexibility index (Phi) is 7.14. The molecule has 0 unspecified atom stereocenters. The molecule has 0 bridgehead atoms. The van der Waals surface area contributed by atoms with Gasteiger partial charge in [-0.15, -0.1) is 0 Å². The Morgan fingerprint density at radius 3 is 2.50 bits per heavy atom. The molecular formula is C12H17BrN2O4S. The molecule has 8 heteroatoms. The predicted octanol–water partition coefficient (Wildman–Crippen LogP) is 0.880. The molecular weight excluding hydrogens is 348 g/mol. The number of methoxy groups -OCH3 is 1. The lowest BCUT2D eigenvalue weighted by molar-refractivity contribution is -0.121. The Morgan fingerprint density at radius 2 is 1.90 bits per heavy atom. The van der Waals surface area contributed by atoms with Gasteiger partial charge in [-0.05, 0) is 24.3 Å². The number of hydrogen-bond acceptors (Lipinski definition) is 4. The zero-order valence-electron chi connectivity index (χ0n) is 11.1. The lowest BCUT2D eigenvalue weighted by Gasteiger charge is -2.08. The van der Waals surface area contributed by atoms with Crippen LogP contribution >= 0.6 is 15.9 Å². The zero-order chi connectivity index (χ0) is 15.0. The van der Waals surface area contributed by atoms with E-state index < -0.39 is 10.0 Å². The first kappa shape index (κ1) is 17.1. The number of ether oxygens (including phenoxy) is 1. The lowest BCUT2D eigenvalue weighted by Crippen LogP contribution is -2.35. The second-order valence-electron chi connectivity index (χ2n) is 3.94. The summed E-state index contributed by atoms with van der Waals surface area (Å²) in [5, 5.41) is 2.60. The van der Waals surface area contributed by atoms with Crippen molar-refractivity contribution in [3.05, 3.63) is 28.7 Å². The van der Waals surface area contributed by atoms with Crippen molar-refractivity contribution in [3.63, 3.8) is 0 Å². The molecule has 0 saturated carbocycles. The molecule has 0 aliphatic heterocycles. The van der Waals surface area contributed by atoms with Gasteiger partial charge in [-0.3, -0.25) is 4.79 Å². The van der Waals surface area contributed by atoms with E-state index in [0.717, 1.165) is 4.47 Å². The minimum absolute atomic E-state index is 0.136. The zero-order valence-corrected chi connectivity index (χ0v) is 13.5. The number of carbonyl (C=O) groups excluding carboxylic acids is 1. The number of halogens is 1. The molecule has 0 spiro atoms. The van der Waals surface area contributed by atoms with Crippen LogP contribution in [0.5, 0.6) is 0 Å². The number of amides is 1. The molecule has 1 rings (SSSR count). The van der Waals surface area contributed by atoms with Crippen LogP contribution in [0.15, 0.2) is 33.6 Å². The van der Waals surface area contributed by atoms with Crippen LogP contribution in [0, 0.1) is 0 Å². The highest BCUT2D eigenvalue weighted by Crippen LogP contribution is 2.14. The minimum Gasteiger partial charge on any atom is -0.384 e. The number of rotatable bonds is 8. The van der Waals surface area contributed by atoms with Crippen molar-refractivity contribution < 1.29 is 17.9 Å². The monoisotopic (exact) mass is 364 g/mol. The van der Waals surface area contributed by atoms with Crippen LogP contribution in [-0.2, 0) is 19.6 Å². The number of hydrogen-bond donors (Lipinski definition) is 2. The highest BCUT2D eigenvalue weighted by atomic mass is 79.9. The Bertz CT molecular complexity index is 531. The Morgan fingerprint density at radius 1 is 1.25 bits per heavy atom. The average molecular weight is 365 g/mol. The van der Waals surface area contributed by atoms with Crippen molar-refractivity contribution in [2.24, 2.45) is 0 Å². The third-order valence-electron chi connectivity index (χ3n) is 2.40. The maximum absolute atomic E-state index is 11.9. The van der Waals surface area contributed by atoms with Crippen molar-refractivity contribution in [1.82, 2.24) is 10.0 Å². The fourth-order valence-electron chi connectivity index (χ4n) is 1.37. The van der Waals surface area contributed by atoms with E-state index in [1.165, 1.54) is 19.2 Å². The quantitative estimate of drug-likeness (QED) is 0.670. The Balaban J connectivity index is 2.37. The first-order valence-corrected chi connectivity index (χ1v) is 8.24. The Hall–Kier alpha value is -0.960. The molecule has 1 aromatic rings. The third kappa shape index (κ3) is 6.00. The molecule has 0 fully saturated rings. The molecule has 20 heavy (non-hydrogen) atoms. The predicted molar refractivity (Wildman–Crippen MR) is 78.8 cm³/mol. The summed E-state index contributed by atoms with van der Waals surface area (Å²) in [7, 11) is -2.03. The van der Waals surface area contributed by atoms with Crippen LogP contribution in [-0.4, -0.2) is 41.1 Å². The van der Waals surface area contributed by atoms with Gasteiger partial charge < -0.3 is 10.1 Å². The molecule has 0 aliphatic rings. The van der Waals surface area contributed by atoms with E-state index in [1.807, 2.05) is 0 Å². The first-order chi connectivity index (χ1) is 9.45. The summed E-state index contributed by atoms with van der Waals surface area (Å²) in [6.45, 7) is 0.714. The number of carbonyl (C=O) groups is 1. The summed E-state index contributed by atoms with van der Waals surface area (Å²) in [6.07, 6.45) is 0.260.